The number of carbonyl (C=O) groups excluding carboxylic acids is 1. The molecule has 3 rings (SSSR count). The molecule has 2 aromatic heterocycles. The number of amides is 1. The molecule has 1 aliphatic rings. The lowest BCUT2D eigenvalue weighted by Gasteiger charge is -2.23. The van der Waals surface area contributed by atoms with Gasteiger partial charge in [-0.3, -0.25) is 14.2 Å². The number of rotatable bonds is 7. The van der Waals surface area contributed by atoms with E-state index in [1.54, 1.807) is 10.9 Å². The number of nitrogens with zero attached hydrogens (tertiary/aromatic N) is 2. The Bertz CT molecular complexity index is 824. The van der Waals surface area contributed by atoms with Crippen LogP contribution in [0.4, 0.5) is 0 Å². The number of fused-ring (bicyclic) bond motifs is 1. The third-order valence-electron chi connectivity index (χ3n) is 4.78. The van der Waals surface area contributed by atoms with Crippen LogP contribution in [-0.2, 0) is 11.3 Å². The molecule has 142 valence electrons. The smallest absolute Gasteiger partial charge is 0.262 e. The molecule has 8 heteroatoms. The van der Waals surface area contributed by atoms with Gasteiger partial charge in [0, 0.05) is 19.5 Å². The van der Waals surface area contributed by atoms with Crippen molar-refractivity contribution in [2.24, 2.45) is 0 Å². The van der Waals surface area contributed by atoms with E-state index < -0.39 is 0 Å². The zero-order valence-corrected chi connectivity index (χ0v) is 16.3. The van der Waals surface area contributed by atoms with Crippen molar-refractivity contribution in [2.75, 3.05) is 39.4 Å². The van der Waals surface area contributed by atoms with Gasteiger partial charge in [0.25, 0.3) is 11.5 Å². The Kier molecular flexibility index (Phi) is 6.39. The second-order valence-corrected chi connectivity index (χ2v) is 7.70. The first-order chi connectivity index (χ1) is 12.6. The summed E-state index contributed by atoms with van der Waals surface area (Å²) in [4.78, 5) is 32.3. The minimum atomic E-state index is -0.107. The summed E-state index contributed by atoms with van der Waals surface area (Å²) in [6, 6.07) is 0. The number of carbonyl (C=O) groups is 1. The summed E-state index contributed by atoms with van der Waals surface area (Å²) in [5, 5.41) is 3.57. The molecule has 0 radical (unpaired) electrons. The maximum absolute atomic E-state index is 12.6. The van der Waals surface area contributed by atoms with Gasteiger partial charge in [0.05, 0.1) is 36.3 Å². The second kappa shape index (κ2) is 8.75. The summed E-state index contributed by atoms with van der Waals surface area (Å²) in [6.45, 7) is 9.92. The van der Waals surface area contributed by atoms with Crippen LogP contribution < -0.4 is 15.8 Å². The lowest BCUT2D eigenvalue weighted by atomic mass is 10.2. The third kappa shape index (κ3) is 4.13. The number of aromatic nitrogens is 2. The molecule has 0 unspecified atom stereocenters. The largest absolute Gasteiger partial charge is 0.370 e. The van der Waals surface area contributed by atoms with Crippen LogP contribution in [0.5, 0.6) is 0 Å². The van der Waals surface area contributed by atoms with Gasteiger partial charge in [0.2, 0.25) is 0 Å². The van der Waals surface area contributed by atoms with Crippen molar-refractivity contribution >= 4 is 27.5 Å². The van der Waals surface area contributed by atoms with Gasteiger partial charge in [-0.1, -0.05) is 6.92 Å². The molecule has 1 amide bonds. The number of hydrogen-bond donors (Lipinski definition) is 2. The number of aryl methyl sites for hydroxylation is 2. The SMILES string of the molecule is CCCn1cnc2sc(C(=O)NCCC[NH+]3CCOCC3)c(C)c2c1=O. The average molecular weight is 380 g/mol. The topological polar surface area (TPSA) is 77.7 Å². The minimum absolute atomic E-state index is 0.0550. The van der Waals surface area contributed by atoms with Gasteiger partial charge >= 0.3 is 0 Å². The summed E-state index contributed by atoms with van der Waals surface area (Å²) in [5.41, 5.74) is 0.685. The molecular formula is C18H27N4O3S+. The first kappa shape index (κ1) is 19.0. The monoisotopic (exact) mass is 379 g/mol. The molecule has 3 heterocycles. The van der Waals surface area contributed by atoms with Crippen LogP contribution >= 0.6 is 11.3 Å². The molecule has 7 nitrogen and oxygen atoms in total. The van der Waals surface area contributed by atoms with Crippen LogP contribution in [0.15, 0.2) is 11.1 Å². The van der Waals surface area contributed by atoms with Gasteiger partial charge in [0.1, 0.15) is 17.9 Å². The Morgan fingerprint density at radius 1 is 1.42 bits per heavy atom. The Hall–Kier alpha value is -1.77. The predicted molar refractivity (Wildman–Crippen MR) is 102 cm³/mol. The van der Waals surface area contributed by atoms with Gasteiger partial charge in [-0.15, -0.1) is 11.3 Å². The van der Waals surface area contributed by atoms with Gasteiger partial charge in [-0.25, -0.2) is 4.98 Å². The van der Waals surface area contributed by atoms with Crippen LogP contribution in [0.2, 0.25) is 0 Å². The Labute approximate surface area is 157 Å². The second-order valence-electron chi connectivity index (χ2n) is 6.70. The summed E-state index contributed by atoms with van der Waals surface area (Å²) >= 11 is 1.30. The molecule has 1 saturated heterocycles. The van der Waals surface area contributed by atoms with Crippen LogP contribution in [-0.4, -0.2) is 54.9 Å². The molecule has 0 atom stereocenters. The molecule has 1 fully saturated rings. The lowest BCUT2D eigenvalue weighted by Crippen LogP contribution is -3.14. The fourth-order valence-corrected chi connectivity index (χ4v) is 4.36. The Balaban J connectivity index is 1.63. The van der Waals surface area contributed by atoms with Crippen molar-refractivity contribution in [3.05, 3.63) is 27.1 Å². The van der Waals surface area contributed by atoms with E-state index in [1.807, 2.05) is 13.8 Å². The van der Waals surface area contributed by atoms with E-state index in [-0.39, 0.29) is 11.5 Å². The summed E-state index contributed by atoms with van der Waals surface area (Å²) < 4.78 is 6.97. The molecular weight excluding hydrogens is 352 g/mol. The molecule has 0 aromatic carbocycles. The quantitative estimate of drug-likeness (QED) is 0.675. The van der Waals surface area contributed by atoms with E-state index in [0.29, 0.717) is 28.2 Å². The first-order valence-corrected chi connectivity index (χ1v) is 10.1. The van der Waals surface area contributed by atoms with Gasteiger partial charge in [-0.05, 0) is 18.9 Å². The van der Waals surface area contributed by atoms with Gasteiger partial charge < -0.3 is 15.0 Å². The highest BCUT2D eigenvalue weighted by Gasteiger charge is 2.19. The predicted octanol–water partition coefficient (Wildman–Crippen LogP) is 0.211. The van der Waals surface area contributed by atoms with E-state index >= 15 is 0 Å². The minimum Gasteiger partial charge on any atom is -0.370 e. The average Bonchev–Trinajstić information content (AvgIpc) is 2.99. The van der Waals surface area contributed by atoms with Gasteiger partial charge in [-0.2, -0.15) is 0 Å². The number of hydrogen-bond acceptors (Lipinski definition) is 5. The number of quaternary nitrogens is 1. The van der Waals surface area contributed by atoms with Crippen molar-refractivity contribution in [3.63, 3.8) is 0 Å². The van der Waals surface area contributed by atoms with E-state index in [0.717, 1.165) is 51.3 Å². The highest BCUT2D eigenvalue weighted by Crippen LogP contribution is 2.26. The van der Waals surface area contributed by atoms with Crippen molar-refractivity contribution in [1.82, 2.24) is 14.9 Å². The van der Waals surface area contributed by atoms with Crippen molar-refractivity contribution < 1.29 is 14.4 Å². The number of nitrogens with one attached hydrogen (secondary N) is 2. The molecule has 2 N–H and O–H groups in total. The van der Waals surface area contributed by atoms with Crippen LogP contribution in [0.3, 0.4) is 0 Å². The van der Waals surface area contributed by atoms with Crippen molar-refractivity contribution in [1.29, 1.82) is 0 Å². The summed E-state index contributed by atoms with van der Waals surface area (Å²) in [6.07, 6.45) is 3.39. The standard InChI is InChI=1S/C18H26N4O3S/c1-3-6-22-12-20-17-14(18(22)24)13(2)15(26-17)16(23)19-5-4-7-21-8-10-25-11-9-21/h12H,3-11H2,1-2H3,(H,19,23)/p+1. The molecule has 26 heavy (non-hydrogen) atoms. The highest BCUT2D eigenvalue weighted by atomic mass is 32.1. The fourth-order valence-electron chi connectivity index (χ4n) is 3.31. The van der Waals surface area contributed by atoms with E-state index in [4.69, 9.17) is 4.74 Å². The van der Waals surface area contributed by atoms with Crippen LogP contribution in [0, 0.1) is 6.92 Å². The zero-order valence-electron chi connectivity index (χ0n) is 15.5. The van der Waals surface area contributed by atoms with Crippen molar-refractivity contribution in [3.8, 4) is 0 Å². The van der Waals surface area contributed by atoms with E-state index in [9.17, 15) is 9.59 Å². The molecule has 1 aliphatic heterocycles. The molecule has 2 aromatic rings. The van der Waals surface area contributed by atoms with E-state index in [2.05, 4.69) is 10.3 Å². The molecule has 0 bridgehead atoms. The van der Waals surface area contributed by atoms with Crippen LogP contribution in [0.25, 0.3) is 10.2 Å². The molecule has 0 saturated carbocycles. The Morgan fingerprint density at radius 2 is 2.19 bits per heavy atom. The number of thiophene rings is 1. The van der Waals surface area contributed by atoms with Gasteiger partial charge in [0.15, 0.2) is 0 Å². The summed E-state index contributed by atoms with van der Waals surface area (Å²) in [5.74, 6) is -0.107. The maximum Gasteiger partial charge on any atom is 0.262 e. The zero-order chi connectivity index (χ0) is 18.5. The third-order valence-corrected chi connectivity index (χ3v) is 5.98. The molecule has 0 spiro atoms. The van der Waals surface area contributed by atoms with Crippen LogP contribution in [0.1, 0.15) is 35.0 Å². The number of morpholine rings is 1. The van der Waals surface area contributed by atoms with Crippen molar-refractivity contribution in [2.45, 2.75) is 33.2 Å². The summed E-state index contributed by atoms with van der Waals surface area (Å²) in [7, 11) is 0. The Morgan fingerprint density at radius 3 is 2.92 bits per heavy atom. The van der Waals surface area contributed by atoms with E-state index in [1.165, 1.54) is 16.2 Å². The maximum atomic E-state index is 12.6. The first-order valence-electron chi connectivity index (χ1n) is 9.30. The fraction of sp³-hybridized carbons (Fsp3) is 0.611. The lowest BCUT2D eigenvalue weighted by molar-refractivity contribution is -0.908. The number of ether oxygens (including phenoxy) is 1. The highest BCUT2D eigenvalue weighted by molar-refractivity contribution is 7.20. The normalized spacial score (nSPS) is 15.5. The molecule has 0 aliphatic carbocycles.